The fourth-order valence-corrected chi connectivity index (χ4v) is 3.40. The third-order valence-electron chi connectivity index (χ3n) is 5.04. The summed E-state index contributed by atoms with van der Waals surface area (Å²) in [5.74, 6) is -4.83. The van der Waals surface area contributed by atoms with Crippen molar-refractivity contribution in [2.24, 2.45) is 0 Å². The molecule has 7 nitrogen and oxygen atoms in total. The van der Waals surface area contributed by atoms with Crippen LogP contribution in [-0.2, 0) is 9.59 Å². The van der Waals surface area contributed by atoms with Gasteiger partial charge in [-0.1, -0.05) is 0 Å². The van der Waals surface area contributed by atoms with Crippen LogP contribution in [-0.4, -0.2) is 28.7 Å². The average molecular weight is 430 g/mol. The predicted molar refractivity (Wildman–Crippen MR) is 106 cm³/mol. The lowest BCUT2D eigenvalue weighted by atomic mass is 10.1. The Morgan fingerprint density at radius 3 is 2.55 bits per heavy atom. The Morgan fingerprint density at radius 1 is 1.16 bits per heavy atom. The van der Waals surface area contributed by atoms with Gasteiger partial charge in [-0.05, 0) is 43.3 Å². The summed E-state index contributed by atoms with van der Waals surface area (Å²) >= 11 is 0. The second-order valence-corrected chi connectivity index (χ2v) is 6.98. The monoisotopic (exact) mass is 430 g/mol. The van der Waals surface area contributed by atoms with E-state index in [1.165, 1.54) is 4.68 Å². The molecule has 1 aliphatic rings. The van der Waals surface area contributed by atoms with E-state index in [4.69, 9.17) is 4.74 Å². The molecular weight excluding hydrogens is 413 g/mol. The molecule has 0 aliphatic carbocycles. The van der Waals surface area contributed by atoms with Crippen LogP contribution in [0.4, 0.5) is 24.7 Å². The molecule has 4 rings (SSSR count). The predicted octanol–water partition coefficient (Wildman–Crippen LogP) is 3.81. The molecule has 0 saturated heterocycles. The van der Waals surface area contributed by atoms with Crippen molar-refractivity contribution >= 4 is 23.3 Å². The first-order valence-electron chi connectivity index (χ1n) is 9.28. The number of hydrogen-bond donors (Lipinski definition) is 2. The number of rotatable bonds is 4. The van der Waals surface area contributed by atoms with Crippen molar-refractivity contribution < 1.29 is 27.5 Å². The zero-order valence-electron chi connectivity index (χ0n) is 16.5. The molecule has 2 heterocycles. The van der Waals surface area contributed by atoms with Gasteiger partial charge in [-0.2, -0.15) is 5.10 Å². The van der Waals surface area contributed by atoms with E-state index in [2.05, 4.69) is 15.7 Å². The number of carbonyl (C=O) groups is 2. The van der Waals surface area contributed by atoms with E-state index in [1.807, 2.05) is 0 Å². The summed E-state index contributed by atoms with van der Waals surface area (Å²) in [5.41, 5.74) is 1.38. The van der Waals surface area contributed by atoms with E-state index < -0.39 is 41.0 Å². The van der Waals surface area contributed by atoms with Crippen molar-refractivity contribution in [1.82, 2.24) is 9.78 Å². The van der Waals surface area contributed by atoms with Gasteiger partial charge in [-0.3, -0.25) is 9.59 Å². The van der Waals surface area contributed by atoms with E-state index >= 15 is 0 Å². The van der Waals surface area contributed by atoms with Crippen molar-refractivity contribution in [3.63, 3.8) is 0 Å². The number of amides is 2. The van der Waals surface area contributed by atoms with Crippen LogP contribution >= 0.6 is 0 Å². The fourth-order valence-electron chi connectivity index (χ4n) is 3.40. The lowest BCUT2D eigenvalue weighted by molar-refractivity contribution is -0.125. The first-order chi connectivity index (χ1) is 14.8. The molecule has 2 amide bonds. The molecule has 0 saturated carbocycles. The van der Waals surface area contributed by atoms with Gasteiger partial charge in [-0.15, -0.1) is 0 Å². The van der Waals surface area contributed by atoms with E-state index in [0.717, 1.165) is 11.6 Å². The second-order valence-electron chi connectivity index (χ2n) is 6.98. The lowest BCUT2D eigenvalue weighted by Gasteiger charge is -2.24. The molecule has 1 unspecified atom stereocenters. The summed E-state index contributed by atoms with van der Waals surface area (Å²) in [6.07, 6.45) is -0.257. The highest BCUT2D eigenvalue weighted by molar-refractivity contribution is 6.02. The molecule has 0 fully saturated rings. The van der Waals surface area contributed by atoms with Gasteiger partial charge in [-0.25, -0.2) is 17.9 Å². The van der Waals surface area contributed by atoms with Crippen LogP contribution in [0.15, 0.2) is 36.4 Å². The van der Waals surface area contributed by atoms with Gasteiger partial charge in [0.15, 0.2) is 17.5 Å². The number of nitrogens with zero attached hydrogens (tertiary/aromatic N) is 2. The Labute approximate surface area is 174 Å². The van der Waals surface area contributed by atoms with Gasteiger partial charge in [0.2, 0.25) is 11.8 Å². The number of aromatic nitrogens is 2. The molecule has 31 heavy (non-hydrogen) atoms. The SMILES string of the molecule is COc1ccc(-c2nn3c(c2C)NC(=O)CC3C(=O)Nc2ccc(F)c(F)c2F)cc1. The van der Waals surface area contributed by atoms with Gasteiger partial charge in [0, 0.05) is 11.1 Å². The number of ether oxygens (including phenoxy) is 1. The third kappa shape index (κ3) is 3.60. The summed E-state index contributed by atoms with van der Waals surface area (Å²) in [7, 11) is 1.55. The Kier molecular flexibility index (Phi) is 5.14. The highest BCUT2D eigenvalue weighted by Crippen LogP contribution is 2.35. The topological polar surface area (TPSA) is 85.2 Å². The highest BCUT2D eigenvalue weighted by Gasteiger charge is 2.34. The molecular formula is C21H17F3N4O3. The van der Waals surface area contributed by atoms with Crippen molar-refractivity contribution in [1.29, 1.82) is 0 Å². The molecule has 1 aliphatic heterocycles. The molecule has 3 aromatic rings. The largest absolute Gasteiger partial charge is 0.497 e. The van der Waals surface area contributed by atoms with Crippen molar-refractivity contribution in [2.45, 2.75) is 19.4 Å². The van der Waals surface area contributed by atoms with Gasteiger partial charge in [0.25, 0.3) is 0 Å². The number of nitrogens with one attached hydrogen (secondary N) is 2. The summed E-state index contributed by atoms with van der Waals surface area (Å²) in [6.45, 7) is 1.74. The molecule has 2 N–H and O–H groups in total. The smallest absolute Gasteiger partial charge is 0.249 e. The first-order valence-corrected chi connectivity index (χ1v) is 9.28. The normalized spacial score (nSPS) is 15.3. The summed E-state index contributed by atoms with van der Waals surface area (Å²) in [5, 5.41) is 9.39. The number of anilines is 2. The lowest BCUT2D eigenvalue weighted by Crippen LogP contribution is -2.36. The van der Waals surface area contributed by atoms with Gasteiger partial charge >= 0.3 is 0 Å². The molecule has 1 aromatic heterocycles. The van der Waals surface area contributed by atoms with Crippen molar-refractivity contribution in [2.75, 3.05) is 17.7 Å². The van der Waals surface area contributed by atoms with E-state index in [1.54, 1.807) is 38.3 Å². The van der Waals surface area contributed by atoms with Gasteiger partial charge < -0.3 is 15.4 Å². The molecule has 2 aromatic carbocycles. The molecule has 10 heteroatoms. The highest BCUT2D eigenvalue weighted by atomic mass is 19.2. The Bertz CT molecular complexity index is 1190. The van der Waals surface area contributed by atoms with Crippen LogP contribution in [0.5, 0.6) is 5.75 Å². The number of hydrogen-bond acceptors (Lipinski definition) is 4. The van der Waals surface area contributed by atoms with E-state index in [-0.39, 0.29) is 6.42 Å². The summed E-state index contributed by atoms with van der Waals surface area (Å²) in [4.78, 5) is 25.0. The molecule has 0 bridgehead atoms. The van der Waals surface area contributed by atoms with Crippen LogP contribution in [0.3, 0.4) is 0 Å². The van der Waals surface area contributed by atoms with Gasteiger partial charge in [0.05, 0.1) is 24.9 Å². The minimum absolute atomic E-state index is 0.257. The Morgan fingerprint density at radius 2 is 1.87 bits per heavy atom. The van der Waals surface area contributed by atoms with Crippen LogP contribution < -0.4 is 15.4 Å². The third-order valence-corrected chi connectivity index (χ3v) is 5.04. The summed E-state index contributed by atoms with van der Waals surface area (Å²) < 4.78 is 47.1. The van der Waals surface area contributed by atoms with Crippen molar-refractivity contribution in [3.05, 3.63) is 59.4 Å². The average Bonchev–Trinajstić information content (AvgIpc) is 3.10. The minimum Gasteiger partial charge on any atom is -0.497 e. The zero-order chi connectivity index (χ0) is 22.3. The standard InChI is InChI=1S/C21H17F3N4O3/c1-10-19(11-3-5-12(31-2)6-4-11)27-28-15(9-16(29)26-20(10)28)21(30)25-14-8-7-13(22)17(23)18(14)24/h3-8,15H,9H2,1-2H3,(H,25,30)(H,26,29). The van der Waals surface area contributed by atoms with Crippen LogP contribution in [0.1, 0.15) is 18.0 Å². The maximum Gasteiger partial charge on any atom is 0.249 e. The van der Waals surface area contributed by atoms with E-state index in [9.17, 15) is 22.8 Å². The quantitative estimate of drug-likeness (QED) is 0.617. The maximum absolute atomic E-state index is 14.0. The number of fused-ring (bicyclic) bond motifs is 1. The molecule has 0 spiro atoms. The van der Waals surface area contributed by atoms with Crippen LogP contribution in [0.25, 0.3) is 11.3 Å². The van der Waals surface area contributed by atoms with Crippen molar-refractivity contribution in [3.8, 4) is 17.0 Å². The van der Waals surface area contributed by atoms with Gasteiger partial charge in [0.1, 0.15) is 17.6 Å². The minimum atomic E-state index is -1.70. The van der Waals surface area contributed by atoms with E-state index in [0.29, 0.717) is 28.9 Å². The fraction of sp³-hybridized carbons (Fsp3) is 0.190. The molecule has 0 radical (unpaired) electrons. The second kappa shape index (κ2) is 7.78. The van der Waals surface area contributed by atoms with Crippen LogP contribution in [0, 0.1) is 24.4 Å². The zero-order valence-corrected chi connectivity index (χ0v) is 16.5. The summed E-state index contributed by atoms with van der Waals surface area (Å²) in [6, 6.07) is 7.58. The molecule has 160 valence electrons. The number of benzene rings is 2. The number of methoxy groups -OCH3 is 1. The maximum atomic E-state index is 14.0. The molecule has 1 atom stereocenters. The number of carbonyl (C=O) groups excluding carboxylic acids is 2. The van der Waals surface area contributed by atoms with Crippen LogP contribution in [0.2, 0.25) is 0 Å². The Balaban J connectivity index is 1.69. The Hall–Kier alpha value is -3.82. The number of halogens is 3. The first kappa shape index (κ1) is 20.5.